The number of hydrogen-bond donors (Lipinski definition) is 0. The van der Waals surface area contributed by atoms with Crippen LogP contribution in [-0.4, -0.2) is 31.9 Å². The van der Waals surface area contributed by atoms with E-state index >= 15 is 0 Å². The zero-order valence-corrected chi connectivity index (χ0v) is 18.7. The molecule has 4 rings (SSSR count). The normalized spacial score (nSPS) is 14.7. The largest absolute Gasteiger partial charge is 0.331 e. The van der Waals surface area contributed by atoms with Crippen LogP contribution < -0.4 is 0 Å². The fourth-order valence-corrected chi connectivity index (χ4v) is 4.54. The number of halogens is 1. The molecular weight excluding hydrogens is 396 g/mol. The van der Waals surface area contributed by atoms with Gasteiger partial charge in [0.2, 0.25) is 0 Å². The number of amides is 1. The third kappa shape index (κ3) is 4.22. The predicted molar refractivity (Wildman–Crippen MR) is 121 cm³/mol. The number of hydrogen-bond acceptors (Lipinski definition) is 3. The Balaban J connectivity index is 1.71. The van der Waals surface area contributed by atoms with Gasteiger partial charge in [-0.15, -0.1) is 0 Å². The number of rotatable bonds is 6. The summed E-state index contributed by atoms with van der Waals surface area (Å²) in [6.45, 7) is 7.34. The van der Waals surface area contributed by atoms with Crippen LogP contribution in [-0.2, 0) is 6.54 Å². The molecular formula is C24H29ClN4O. The average molecular weight is 425 g/mol. The van der Waals surface area contributed by atoms with E-state index in [1.807, 2.05) is 42.3 Å². The van der Waals surface area contributed by atoms with Gasteiger partial charge in [-0.25, -0.2) is 9.97 Å². The summed E-state index contributed by atoms with van der Waals surface area (Å²) < 4.78 is 2.29. The minimum absolute atomic E-state index is 0.0152. The van der Waals surface area contributed by atoms with E-state index < -0.39 is 0 Å². The minimum Gasteiger partial charge on any atom is -0.331 e. The van der Waals surface area contributed by atoms with Gasteiger partial charge in [-0.3, -0.25) is 4.79 Å². The average Bonchev–Trinajstić information content (AvgIpc) is 3.35. The third-order valence-corrected chi connectivity index (χ3v) is 6.25. The monoisotopic (exact) mass is 424 g/mol. The standard InChI is InChI=1S/C24H29ClN4O/c1-16(2)14-28(24(30)18-10-11-20(25)17(3)13-18)15-22-27-21-9-6-12-26-23(21)29(22)19-7-4-5-8-19/h6,9-13,16,19H,4-5,7-8,14-15H2,1-3H3. The molecule has 1 aliphatic carbocycles. The Morgan fingerprint density at radius 3 is 2.73 bits per heavy atom. The van der Waals surface area contributed by atoms with E-state index in [9.17, 15) is 4.79 Å². The van der Waals surface area contributed by atoms with Gasteiger partial charge in [0.05, 0.1) is 6.54 Å². The summed E-state index contributed by atoms with van der Waals surface area (Å²) in [5.74, 6) is 1.29. The van der Waals surface area contributed by atoms with Crippen molar-refractivity contribution in [3.8, 4) is 0 Å². The van der Waals surface area contributed by atoms with Gasteiger partial charge in [0.25, 0.3) is 5.91 Å². The molecule has 1 amide bonds. The van der Waals surface area contributed by atoms with E-state index in [-0.39, 0.29) is 5.91 Å². The fraction of sp³-hybridized carbons (Fsp3) is 0.458. The first-order valence-corrected chi connectivity index (χ1v) is 11.2. The van der Waals surface area contributed by atoms with Crippen molar-refractivity contribution in [3.63, 3.8) is 0 Å². The Bertz CT molecular complexity index is 1050. The van der Waals surface area contributed by atoms with Gasteiger partial charge < -0.3 is 9.47 Å². The Labute approximate surface area is 183 Å². The highest BCUT2D eigenvalue weighted by atomic mass is 35.5. The number of nitrogens with zero attached hydrogens (tertiary/aromatic N) is 4. The van der Waals surface area contributed by atoms with E-state index in [0.29, 0.717) is 35.6 Å². The Kier molecular flexibility index (Phi) is 6.09. The van der Waals surface area contributed by atoms with Crippen LogP contribution >= 0.6 is 11.6 Å². The second kappa shape index (κ2) is 8.76. The number of fused-ring (bicyclic) bond motifs is 1. The van der Waals surface area contributed by atoms with Crippen molar-refractivity contribution < 1.29 is 4.79 Å². The van der Waals surface area contributed by atoms with Crippen molar-refractivity contribution in [3.05, 3.63) is 58.5 Å². The van der Waals surface area contributed by atoms with Crippen LogP contribution in [0, 0.1) is 12.8 Å². The highest BCUT2D eigenvalue weighted by Gasteiger charge is 2.26. The Morgan fingerprint density at radius 1 is 1.27 bits per heavy atom. The van der Waals surface area contributed by atoms with Crippen LogP contribution in [0.4, 0.5) is 0 Å². The first-order chi connectivity index (χ1) is 14.4. The molecule has 0 saturated heterocycles. The molecule has 0 unspecified atom stereocenters. The second-order valence-electron chi connectivity index (χ2n) is 8.73. The number of aryl methyl sites for hydroxylation is 1. The molecule has 158 valence electrons. The van der Waals surface area contributed by atoms with Crippen molar-refractivity contribution in [1.82, 2.24) is 19.4 Å². The summed E-state index contributed by atoms with van der Waals surface area (Å²) >= 11 is 6.17. The molecule has 5 nitrogen and oxygen atoms in total. The molecule has 1 aromatic carbocycles. The van der Waals surface area contributed by atoms with Gasteiger partial charge >= 0.3 is 0 Å². The minimum atomic E-state index is 0.0152. The van der Waals surface area contributed by atoms with Crippen LogP contribution in [0.15, 0.2) is 36.5 Å². The first kappa shape index (κ1) is 20.9. The lowest BCUT2D eigenvalue weighted by Crippen LogP contribution is -2.35. The number of aromatic nitrogens is 3. The van der Waals surface area contributed by atoms with E-state index in [1.165, 1.54) is 12.8 Å². The zero-order chi connectivity index (χ0) is 21.3. The molecule has 2 aromatic heterocycles. The predicted octanol–water partition coefficient (Wildman–Crippen LogP) is 5.81. The van der Waals surface area contributed by atoms with Gasteiger partial charge in [-0.2, -0.15) is 0 Å². The molecule has 0 aliphatic heterocycles. The molecule has 1 fully saturated rings. The molecule has 1 saturated carbocycles. The third-order valence-electron chi connectivity index (χ3n) is 5.82. The van der Waals surface area contributed by atoms with E-state index in [2.05, 4.69) is 23.4 Å². The summed E-state index contributed by atoms with van der Waals surface area (Å²) in [6.07, 6.45) is 6.57. The maximum absolute atomic E-state index is 13.4. The topological polar surface area (TPSA) is 51.0 Å². The summed E-state index contributed by atoms with van der Waals surface area (Å²) in [4.78, 5) is 24.9. The Morgan fingerprint density at radius 2 is 2.03 bits per heavy atom. The molecule has 0 bridgehead atoms. The lowest BCUT2D eigenvalue weighted by molar-refractivity contribution is 0.0715. The number of pyridine rings is 1. The van der Waals surface area contributed by atoms with Crippen LogP contribution in [0.5, 0.6) is 0 Å². The van der Waals surface area contributed by atoms with Crippen LogP contribution in [0.2, 0.25) is 5.02 Å². The van der Waals surface area contributed by atoms with Gasteiger partial charge in [0.15, 0.2) is 5.65 Å². The summed E-state index contributed by atoms with van der Waals surface area (Å²) in [6, 6.07) is 9.83. The molecule has 6 heteroatoms. The maximum atomic E-state index is 13.4. The summed E-state index contributed by atoms with van der Waals surface area (Å²) in [5, 5.41) is 0.677. The first-order valence-electron chi connectivity index (χ1n) is 10.8. The molecule has 0 atom stereocenters. The van der Waals surface area contributed by atoms with Crippen molar-refractivity contribution >= 4 is 28.7 Å². The second-order valence-corrected chi connectivity index (χ2v) is 9.13. The van der Waals surface area contributed by atoms with E-state index in [4.69, 9.17) is 16.6 Å². The number of benzene rings is 1. The summed E-state index contributed by atoms with van der Waals surface area (Å²) in [7, 11) is 0. The van der Waals surface area contributed by atoms with Gasteiger partial charge in [0.1, 0.15) is 11.3 Å². The fourth-order valence-electron chi connectivity index (χ4n) is 4.43. The molecule has 3 aromatic rings. The highest BCUT2D eigenvalue weighted by Crippen LogP contribution is 2.33. The molecule has 0 radical (unpaired) electrons. The van der Waals surface area contributed by atoms with Gasteiger partial charge in [0, 0.05) is 29.4 Å². The molecule has 0 N–H and O–H groups in total. The highest BCUT2D eigenvalue weighted by molar-refractivity contribution is 6.31. The molecule has 0 spiro atoms. The maximum Gasteiger partial charge on any atom is 0.254 e. The lowest BCUT2D eigenvalue weighted by Gasteiger charge is -2.26. The number of carbonyl (C=O) groups is 1. The Hall–Kier alpha value is -2.40. The molecule has 30 heavy (non-hydrogen) atoms. The molecule has 2 heterocycles. The quantitative estimate of drug-likeness (QED) is 0.502. The lowest BCUT2D eigenvalue weighted by atomic mass is 10.1. The number of carbonyl (C=O) groups excluding carboxylic acids is 1. The van der Waals surface area contributed by atoms with Gasteiger partial charge in [-0.1, -0.05) is 38.3 Å². The van der Waals surface area contributed by atoms with E-state index in [0.717, 1.165) is 35.4 Å². The SMILES string of the molecule is Cc1cc(C(=O)N(Cc2nc3cccnc3n2C2CCCC2)CC(C)C)ccc1Cl. The van der Waals surface area contributed by atoms with Gasteiger partial charge in [-0.05, 0) is 61.6 Å². The summed E-state index contributed by atoms with van der Waals surface area (Å²) in [5.41, 5.74) is 3.41. The van der Waals surface area contributed by atoms with Crippen LogP contribution in [0.25, 0.3) is 11.2 Å². The smallest absolute Gasteiger partial charge is 0.254 e. The van der Waals surface area contributed by atoms with Crippen LogP contribution in [0.3, 0.4) is 0 Å². The molecule has 1 aliphatic rings. The van der Waals surface area contributed by atoms with Crippen molar-refractivity contribution in [2.45, 2.75) is 59.0 Å². The van der Waals surface area contributed by atoms with Crippen LogP contribution in [0.1, 0.15) is 67.3 Å². The zero-order valence-electron chi connectivity index (χ0n) is 17.9. The van der Waals surface area contributed by atoms with E-state index in [1.54, 1.807) is 6.07 Å². The van der Waals surface area contributed by atoms with Crippen molar-refractivity contribution in [2.75, 3.05) is 6.54 Å². The van der Waals surface area contributed by atoms with Crippen molar-refractivity contribution in [2.24, 2.45) is 5.92 Å². The number of imidazole rings is 1. The van der Waals surface area contributed by atoms with Crippen molar-refractivity contribution in [1.29, 1.82) is 0 Å².